The first kappa shape index (κ1) is 22.1. The number of carboxylic acid groups (broad SMARTS) is 1. The summed E-state index contributed by atoms with van der Waals surface area (Å²) in [6.07, 6.45) is -2.47. The average molecular weight is 461 g/mol. The van der Waals surface area contributed by atoms with Crippen molar-refractivity contribution in [2.45, 2.75) is 19.1 Å². The van der Waals surface area contributed by atoms with Gasteiger partial charge >= 0.3 is 12.1 Å². The number of fused-ring (bicyclic) bond motifs is 3. The number of halogens is 4. The Balaban J connectivity index is 2.05. The maximum atomic E-state index is 13.6. The molecule has 2 heterocycles. The van der Waals surface area contributed by atoms with Gasteiger partial charge in [-0.05, 0) is 29.3 Å². The zero-order valence-electron chi connectivity index (χ0n) is 16.7. The smallest absolute Gasteiger partial charge is 0.416 e. The number of hydrogen-bond acceptors (Lipinski definition) is 4. The van der Waals surface area contributed by atoms with Gasteiger partial charge in [-0.15, -0.1) is 0 Å². The lowest BCUT2D eigenvalue weighted by Crippen LogP contribution is -2.12. The number of rotatable bonds is 6. The highest BCUT2D eigenvalue weighted by Crippen LogP contribution is 2.41. The normalized spacial score (nSPS) is 11.8. The third kappa shape index (κ3) is 3.93. The second-order valence-electron chi connectivity index (χ2n) is 7.26. The second kappa shape index (κ2) is 8.08. The van der Waals surface area contributed by atoms with E-state index in [2.05, 4.69) is 10.3 Å². The van der Waals surface area contributed by atoms with Crippen LogP contribution in [-0.4, -0.2) is 32.1 Å². The van der Waals surface area contributed by atoms with Crippen LogP contribution in [0.1, 0.15) is 16.7 Å². The molecule has 4 aromatic rings. The van der Waals surface area contributed by atoms with Crippen LogP contribution in [0.5, 0.6) is 5.75 Å². The van der Waals surface area contributed by atoms with Gasteiger partial charge in [-0.3, -0.25) is 14.6 Å². The van der Waals surface area contributed by atoms with Crippen LogP contribution in [-0.2, 0) is 28.7 Å². The Morgan fingerprint density at radius 2 is 1.82 bits per heavy atom. The molecule has 4 rings (SSSR count). The molecule has 0 aliphatic heterocycles. The molecule has 11 heteroatoms. The fourth-order valence-corrected chi connectivity index (χ4v) is 3.97. The fourth-order valence-electron chi connectivity index (χ4n) is 3.97. The summed E-state index contributed by atoms with van der Waals surface area (Å²) < 4.78 is 55.7. The molecule has 1 amide bonds. The molecule has 0 unspecified atom stereocenters. The van der Waals surface area contributed by atoms with Gasteiger partial charge in [0.05, 0.1) is 46.5 Å². The molecule has 0 atom stereocenters. The summed E-state index contributed by atoms with van der Waals surface area (Å²) in [6, 6.07) is 5.26. The number of aromatic nitrogens is 2. The highest BCUT2D eigenvalue weighted by Gasteiger charge is 2.34. The molecule has 2 aromatic carbocycles. The lowest BCUT2D eigenvalue weighted by molar-refractivity contribution is -0.138. The molecule has 2 aromatic heterocycles. The van der Waals surface area contributed by atoms with Crippen molar-refractivity contribution in [1.82, 2.24) is 9.55 Å². The van der Waals surface area contributed by atoms with Crippen LogP contribution in [0.2, 0.25) is 0 Å². The monoisotopic (exact) mass is 461 g/mol. The average Bonchev–Trinajstić information content (AvgIpc) is 3.05. The summed E-state index contributed by atoms with van der Waals surface area (Å²) in [7, 11) is 0. The van der Waals surface area contributed by atoms with Gasteiger partial charge in [0.15, 0.2) is 0 Å². The van der Waals surface area contributed by atoms with E-state index in [1.807, 2.05) is 0 Å². The third-order valence-electron chi connectivity index (χ3n) is 5.26. The van der Waals surface area contributed by atoms with Gasteiger partial charge in [0.25, 0.3) is 0 Å². The summed E-state index contributed by atoms with van der Waals surface area (Å²) in [5, 5.41) is 22.6. The van der Waals surface area contributed by atoms with Crippen LogP contribution in [0.4, 0.5) is 23.2 Å². The molecular formula is C22H15F4N3O4. The van der Waals surface area contributed by atoms with Crippen LogP contribution in [0, 0.1) is 5.82 Å². The van der Waals surface area contributed by atoms with Gasteiger partial charge in [-0.2, -0.15) is 13.2 Å². The summed E-state index contributed by atoms with van der Waals surface area (Å²) >= 11 is 0. The predicted octanol–water partition coefficient (Wildman–Crippen LogP) is 4.30. The maximum Gasteiger partial charge on any atom is 0.416 e. The van der Waals surface area contributed by atoms with Crippen molar-refractivity contribution < 1.29 is 37.4 Å². The Bertz CT molecular complexity index is 1410. The molecule has 0 radical (unpaired) electrons. The van der Waals surface area contributed by atoms with Gasteiger partial charge < -0.3 is 20.1 Å². The zero-order chi connectivity index (χ0) is 23.9. The highest BCUT2D eigenvalue weighted by atomic mass is 19.4. The molecular weight excluding hydrogens is 446 g/mol. The van der Waals surface area contributed by atoms with E-state index in [0.717, 1.165) is 18.3 Å². The second-order valence-corrected chi connectivity index (χ2v) is 7.26. The SMILES string of the molecule is O=CNc1c(CC(=O)O)ccc2c1c1c(O)cncc1n2Cc1ccc(F)cc1C(F)(F)F. The van der Waals surface area contributed by atoms with E-state index in [1.165, 1.54) is 22.9 Å². The lowest BCUT2D eigenvalue weighted by atomic mass is 10.0. The molecule has 0 aliphatic rings. The van der Waals surface area contributed by atoms with Crippen LogP contribution >= 0.6 is 0 Å². The van der Waals surface area contributed by atoms with E-state index < -0.39 is 29.9 Å². The Kier molecular flexibility index (Phi) is 5.40. The standard InChI is InChI=1S/C22H15F4N3O4/c23-13-3-1-12(14(6-13)22(24,25)26)9-29-15-4-2-11(5-18(32)33)21(28-10-30)20(15)19-16(29)7-27-8-17(19)31/h1-4,6-8,10,31H,5,9H2,(H,28,30)(H,32,33). The Morgan fingerprint density at radius 1 is 1.09 bits per heavy atom. The zero-order valence-corrected chi connectivity index (χ0v) is 16.7. The first-order valence-corrected chi connectivity index (χ1v) is 9.50. The number of carbonyl (C=O) groups excluding carboxylic acids is 1. The van der Waals surface area contributed by atoms with Crippen LogP contribution < -0.4 is 5.32 Å². The molecule has 0 saturated carbocycles. The summed E-state index contributed by atoms with van der Waals surface area (Å²) in [5.41, 5.74) is -0.501. The van der Waals surface area contributed by atoms with E-state index in [4.69, 9.17) is 0 Å². The molecule has 33 heavy (non-hydrogen) atoms. The number of carbonyl (C=O) groups is 2. The minimum atomic E-state index is -4.81. The van der Waals surface area contributed by atoms with Crippen LogP contribution in [0.15, 0.2) is 42.7 Å². The number of amides is 1. The maximum absolute atomic E-state index is 13.6. The molecule has 0 saturated heterocycles. The van der Waals surface area contributed by atoms with Crippen molar-refractivity contribution in [3.63, 3.8) is 0 Å². The lowest BCUT2D eigenvalue weighted by Gasteiger charge is -2.15. The van der Waals surface area contributed by atoms with E-state index in [9.17, 15) is 37.4 Å². The Hall–Kier alpha value is -4.15. The molecule has 0 spiro atoms. The van der Waals surface area contributed by atoms with Crippen molar-refractivity contribution in [3.05, 3.63) is 65.2 Å². The van der Waals surface area contributed by atoms with E-state index >= 15 is 0 Å². The van der Waals surface area contributed by atoms with Crippen LogP contribution in [0.3, 0.4) is 0 Å². The first-order chi connectivity index (χ1) is 15.6. The quantitative estimate of drug-likeness (QED) is 0.294. The van der Waals surface area contributed by atoms with E-state index in [-0.39, 0.29) is 45.4 Å². The number of benzene rings is 2. The largest absolute Gasteiger partial charge is 0.506 e. The number of nitrogens with one attached hydrogen (secondary N) is 1. The number of alkyl halides is 3. The molecule has 170 valence electrons. The van der Waals surface area contributed by atoms with E-state index in [0.29, 0.717) is 18.0 Å². The van der Waals surface area contributed by atoms with Gasteiger partial charge in [-0.1, -0.05) is 12.1 Å². The van der Waals surface area contributed by atoms with Crippen molar-refractivity contribution in [1.29, 1.82) is 0 Å². The number of carboxylic acids is 1. The minimum Gasteiger partial charge on any atom is -0.506 e. The first-order valence-electron chi connectivity index (χ1n) is 9.50. The third-order valence-corrected chi connectivity index (χ3v) is 5.26. The van der Waals surface area contributed by atoms with Crippen molar-refractivity contribution >= 4 is 39.9 Å². The highest BCUT2D eigenvalue weighted by molar-refractivity contribution is 6.18. The number of pyridine rings is 1. The summed E-state index contributed by atoms with van der Waals surface area (Å²) in [6.45, 7) is -0.362. The van der Waals surface area contributed by atoms with Crippen LogP contribution in [0.25, 0.3) is 21.8 Å². The Morgan fingerprint density at radius 3 is 2.48 bits per heavy atom. The molecule has 7 nitrogen and oxygen atoms in total. The number of anilines is 1. The topological polar surface area (TPSA) is 104 Å². The molecule has 0 aliphatic carbocycles. The molecule has 0 fully saturated rings. The van der Waals surface area contributed by atoms with Gasteiger partial charge in [-0.25, -0.2) is 4.39 Å². The van der Waals surface area contributed by atoms with Gasteiger partial charge in [0.1, 0.15) is 11.6 Å². The van der Waals surface area contributed by atoms with Crippen molar-refractivity contribution in [2.75, 3.05) is 5.32 Å². The molecule has 3 N–H and O–H groups in total. The fraction of sp³-hybridized carbons (Fsp3) is 0.136. The number of hydrogen-bond donors (Lipinski definition) is 3. The van der Waals surface area contributed by atoms with Crippen molar-refractivity contribution in [2.24, 2.45) is 0 Å². The van der Waals surface area contributed by atoms with Gasteiger partial charge in [0.2, 0.25) is 6.41 Å². The van der Waals surface area contributed by atoms with Crippen molar-refractivity contribution in [3.8, 4) is 5.75 Å². The number of nitrogens with zero attached hydrogens (tertiary/aromatic N) is 2. The van der Waals surface area contributed by atoms with Gasteiger partial charge in [0, 0.05) is 11.9 Å². The minimum absolute atomic E-state index is 0.102. The Labute approximate surface area is 182 Å². The van der Waals surface area contributed by atoms with E-state index in [1.54, 1.807) is 0 Å². The number of aromatic hydroxyl groups is 1. The summed E-state index contributed by atoms with van der Waals surface area (Å²) in [5.74, 6) is -2.52. The number of aliphatic carboxylic acids is 1. The predicted molar refractivity (Wildman–Crippen MR) is 110 cm³/mol. The molecule has 0 bridgehead atoms. The summed E-state index contributed by atoms with van der Waals surface area (Å²) in [4.78, 5) is 26.4.